The highest BCUT2D eigenvalue weighted by Gasteiger charge is 2.83. The molecule has 5 aliphatic carbocycles. The monoisotopic (exact) mass is 442 g/mol. The Morgan fingerprint density at radius 1 is 1.19 bits per heavy atom. The molecule has 7 atom stereocenters. The minimum Gasteiger partial charge on any atom is -0.462 e. The highest BCUT2D eigenvalue weighted by atomic mass is 16.7. The summed E-state index contributed by atoms with van der Waals surface area (Å²) < 4.78 is 18.0. The molecule has 1 heterocycles. The molecule has 0 aromatic rings. The first-order chi connectivity index (χ1) is 15.1. The molecule has 1 aliphatic heterocycles. The Bertz CT molecular complexity index is 944. The molecule has 1 saturated heterocycles. The van der Waals surface area contributed by atoms with Gasteiger partial charge >= 0.3 is 5.97 Å². The largest absolute Gasteiger partial charge is 0.462 e. The molecule has 6 rings (SSSR count). The predicted octanol–water partition coefficient (Wildman–Crippen LogP) is 3.62. The van der Waals surface area contributed by atoms with E-state index in [1.54, 1.807) is 0 Å². The SMILES string of the molecule is CC(=O)O[C@@H]1C[C@]2(C)CC(=O)[C@@]3(C=O)[C@@H]4CCC5(OCCO5)C(C)(C)C4=CC[C@H]3[C@]23C[C@H]13. The average Bonchev–Trinajstić information content (AvgIpc) is 3.21. The van der Waals surface area contributed by atoms with Crippen LogP contribution in [0, 0.1) is 39.4 Å². The van der Waals surface area contributed by atoms with Crippen molar-refractivity contribution in [3.63, 3.8) is 0 Å². The van der Waals surface area contributed by atoms with E-state index in [-0.39, 0.29) is 46.4 Å². The third-order valence-electron chi connectivity index (χ3n) is 10.7. The van der Waals surface area contributed by atoms with Crippen molar-refractivity contribution in [1.82, 2.24) is 0 Å². The second-order valence-electron chi connectivity index (χ2n) is 12.0. The molecule has 0 unspecified atom stereocenters. The van der Waals surface area contributed by atoms with Crippen LogP contribution < -0.4 is 0 Å². The molecule has 0 bridgehead atoms. The van der Waals surface area contributed by atoms with Crippen LogP contribution in [0.1, 0.15) is 66.2 Å². The molecular formula is C26H34O6. The van der Waals surface area contributed by atoms with Crippen LogP contribution in [0.3, 0.4) is 0 Å². The molecule has 32 heavy (non-hydrogen) atoms. The van der Waals surface area contributed by atoms with E-state index in [1.165, 1.54) is 6.92 Å². The highest BCUT2D eigenvalue weighted by molar-refractivity contribution is 6.01. The molecule has 2 spiro atoms. The van der Waals surface area contributed by atoms with Gasteiger partial charge in [-0.25, -0.2) is 0 Å². The lowest BCUT2D eigenvalue weighted by Crippen LogP contribution is -2.64. The fraction of sp³-hybridized carbons (Fsp3) is 0.808. The number of rotatable bonds is 2. The van der Waals surface area contributed by atoms with E-state index in [0.29, 0.717) is 32.5 Å². The van der Waals surface area contributed by atoms with E-state index < -0.39 is 16.6 Å². The van der Waals surface area contributed by atoms with Crippen molar-refractivity contribution in [3.8, 4) is 0 Å². The van der Waals surface area contributed by atoms with Gasteiger partial charge in [0.05, 0.1) is 18.6 Å². The minimum atomic E-state index is -0.985. The number of hydrogen-bond donors (Lipinski definition) is 0. The zero-order valence-corrected chi connectivity index (χ0v) is 19.6. The van der Waals surface area contributed by atoms with Crippen LogP contribution in [0.15, 0.2) is 11.6 Å². The Morgan fingerprint density at radius 2 is 1.91 bits per heavy atom. The molecule has 0 aromatic heterocycles. The Kier molecular flexibility index (Phi) is 4.02. The number of aldehydes is 1. The molecule has 0 N–H and O–H groups in total. The van der Waals surface area contributed by atoms with Crippen molar-refractivity contribution >= 4 is 18.0 Å². The van der Waals surface area contributed by atoms with Crippen LogP contribution in [0.4, 0.5) is 0 Å². The van der Waals surface area contributed by atoms with E-state index in [2.05, 4.69) is 26.8 Å². The Hall–Kier alpha value is -1.53. The lowest BCUT2D eigenvalue weighted by atomic mass is 9.41. The normalized spacial score (nSPS) is 49.4. The summed E-state index contributed by atoms with van der Waals surface area (Å²) in [6, 6.07) is 0. The summed E-state index contributed by atoms with van der Waals surface area (Å²) in [4.78, 5) is 38.7. The fourth-order valence-electron chi connectivity index (χ4n) is 9.39. The van der Waals surface area contributed by atoms with E-state index in [1.807, 2.05) is 0 Å². The standard InChI is InChI=1S/C26H34O6/c1-15(28)32-19-12-23(4)13-21(29)24(14-27)17-7-8-26(30-9-10-31-26)22(2,3)16(17)5-6-20(24)25(23)11-18(19)25/h5,14,17-20H,6-13H2,1-4H3/t17-,18-,19-,20-,23-,24+,25-/m1/s1. The molecule has 5 fully saturated rings. The molecule has 4 saturated carbocycles. The number of Topliss-reactive ketones (excluding diaryl/α,β-unsaturated/α-hetero) is 1. The van der Waals surface area contributed by atoms with Crippen LogP contribution in [-0.2, 0) is 28.6 Å². The zero-order chi connectivity index (χ0) is 22.7. The van der Waals surface area contributed by atoms with Gasteiger partial charge in [0.2, 0.25) is 0 Å². The maximum atomic E-state index is 14.0. The van der Waals surface area contributed by atoms with Crippen molar-refractivity contribution in [2.45, 2.75) is 78.1 Å². The van der Waals surface area contributed by atoms with Crippen molar-refractivity contribution in [1.29, 1.82) is 0 Å². The van der Waals surface area contributed by atoms with E-state index in [4.69, 9.17) is 14.2 Å². The van der Waals surface area contributed by atoms with Crippen molar-refractivity contribution < 1.29 is 28.6 Å². The quantitative estimate of drug-likeness (QED) is 0.281. The molecular weight excluding hydrogens is 408 g/mol. The Morgan fingerprint density at radius 3 is 2.56 bits per heavy atom. The van der Waals surface area contributed by atoms with Gasteiger partial charge in [-0.3, -0.25) is 9.59 Å². The van der Waals surface area contributed by atoms with Gasteiger partial charge in [0.1, 0.15) is 18.2 Å². The van der Waals surface area contributed by atoms with E-state index in [0.717, 1.165) is 31.1 Å². The first-order valence-corrected chi connectivity index (χ1v) is 12.2. The highest BCUT2D eigenvalue weighted by Crippen LogP contribution is 2.83. The number of fused-ring (bicyclic) bond motifs is 3. The van der Waals surface area contributed by atoms with Gasteiger partial charge in [-0.2, -0.15) is 0 Å². The molecule has 6 heteroatoms. The maximum Gasteiger partial charge on any atom is 0.302 e. The summed E-state index contributed by atoms with van der Waals surface area (Å²) in [5.41, 5.74) is -0.523. The summed E-state index contributed by atoms with van der Waals surface area (Å²) in [6.45, 7) is 9.13. The van der Waals surface area contributed by atoms with Crippen LogP contribution >= 0.6 is 0 Å². The van der Waals surface area contributed by atoms with Crippen LogP contribution in [0.5, 0.6) is 0 Å². The second-order valence-corrected chi connectivity index (χ2v) is 12.0. The number of carbonyl (C=O) groups excluding carboxylic acids is 3. The van der Waals surface area contributed by atoms with Crippen molar-refractivity contribution in [2.75, 3.05) is 13.2 Å². The molecule has 6 nitrogen and oxygen atoms in total. The average molecular weight is 443 g/mol. The summed E-state index contributed by atoms with van der Waals surface area (Å²) in [7, 11) is 0. The number of ether oxygens (including phenoxy) is 3. The number of hydrogen-bond acceptors (Lipinski definition) is 6. The Balaban J connectivity index is 1.45. The van der Waals surface area contributed by atoms with Crippen LogP contribution in [0.2, 0.25) is 0 Å². The number of carbonyl (C=O) groups is 3. The molecule has 174 valence electrons. The summed E-state index contributed by atoms with van der Waals surface area (Å²) in [6.07, 6.45) is 7.41. The predicted molar refractivity (Wildman–Crippen MR) is 114 cm³/mol. The van der Waals surface area contributed by atoms with Crippen LogP contribution in [0.25, 0.3) is 0 Å². The smallest absolute Gasteiger partial charge is 0.302 e. The Labute approximate surface area is 189 Å². The van der Waals surface area contributed by atoms with E-state index in [9.17, 15) is 14.4 Å². The van der Waals surface area contributed by atoms with Gasteiger partial charge < -0.3 is 19.0 Å². The summed E-state index contributed by atoms with van der Waals surface area (Å²) in [5.74, 6) is -0.689. The van der Waals surface area contributed by atoms with Gasteiger partial charge in [-0.05, 0) is 42.4 Å². The number of ketones is 1. The topological polar surface area (TPSA) is 78.9 Å². The van der Waals surface area contributed by atoms with Crippen molar-refractivity contribution in [3.05, 3.63) is 11.6 Å². The first kappa shape index (κ1) is 21.0. The zero-order valence-electron chi connectivity index (χ0n) is 19.6. The third kappa shape index (κ3) is 2.13. The van der Waals surface area contributed by atoms with Crippen molar-refractivity contribution in [2.24, 2.45) is 39.4 Å². The van der Waals surface area contributed by atoms with Crippen LogP contribution in [-0.4, -0.2) is 43.1 Å². The van der Waals surface area contributed by atoms with Gasteiger partial charge in [0, 0.05) is 37.0 Å². The summed E-state index contributed by atoms with van der Waals surface area (Å²) in [5, 5.41) is 0. The minimum absolute atomic E-state index is 0.0201. The fourth-order valence-corrected chi connectivity index (χ4v) is 9.39. The molecule has 0 radical (unpaired) electrons. The lowest BCUT2D eigenvalue weighted by molar-refractivity contribution is -0.240. The number of allylic oxidation sites excluding steroid dienone is 1. The lowest BCUT2D eigenvalue weighted by Gasteiger charge is -2.61. The molecule has 6 aliphatic rings. The van der Waals surface area contributed by atoms with Gasteiger partial charge in [0.25, 0.3) is 0 Å². The van der Waals surface area contributed by atoms with Gasteiger partial charge in [-0.15, -0.1) is 0 Å². The third-order valence-corrected chi connectivity index (χ3v) is 10.7. The second kappa shape index (κ2) is 6.12. The van der Waals surface area contributed by atoms with E-state index >= 15 is 0 Å². The van der Waals surface area contributed by atoms with Gasteiger partial charge in [0.15, 0.2) is 5.79 Å². The summed E-state index contributed by atoms with van der Waals surface area (Å²) >= 11 is 0. The molecule has 0 aromatic carbocycles. The maximum absolute atomic E-state index is 14.0. The molecule has 0 amide bonds. The number of esters is 1. The first-order valence-electron chi connectivity index (χ1n) is 12.2. The van der Waals surface area contributed by atoms with Gasteiger partial charge in [-0.1, -0.05) is 32.4 Å².